The molecular formula is C14H28N2O. The second-order valence-corrected chi connectivity index (χ2v) is 5.77. The number of nitrogens with zero attached hydrogens (tertiary/aromatic N) is 1. The molecule has 2 aliphatic heterocycles. The number of ether oxygens (including phenoxy) is 1. The molecule has 0 radical (unpaired) electrons. The van der Waals surface area contributed by atoms with Crippen LogP contribution in [0, 0.1) is 5.92 Å². The molecule has 3 nitrogen and oxygen atoms in total. The zero-order valence-corrected chi connectivity index (χ0v) is 11.5. The predicted molar refractivity (Wildman–Crippen MR) is 71.0 cm³/mol. The van der Waals surface area contributed by atoms with Gasteiger partial charge in [-0.05, 0) is 51.1 Å². The van der Waals surface area contributed by atoms with Crippen LogP contribution in [-0.4, -0.2) is 42.8 Å². The van der Waals surface area contributed by atoms with Crippen molar-refractivity contribution in [3.05, 3.63) is 0 Å². The average molecular weight is 240 g/mol. The van der Waals surface area contributed by atoms with E-state index >= 15 is 0 Å². The molecule has 2 rings (SSSR count). The second-order valence-electron chi connectivity index (χ2n) is 5.77. The Morgan fingerprint density at radius 2 is 2.06 bits per heavy atom. The van der Waals surface area contributed by atoms with E-state index in [9.17, 15) is 0 Å². The van der Waals surface area contributed by atoms with E-state index in [0.717, 1.165) is 38.0 Å². The monoisotopic (exact) mass is 240 g/mol. The third-order valence-electron chi connectivity index (χ3n) is 4.92. The van der Waals surface area contributed by atoms with Crippen LogP contribution in [0.25, 0.3) is 0 Å². The van der Waals surface area contributed by atoms with Crippen molar-refractivity contribution in [2.45, 2.75) is 57.6 Å². The van der Waals surface area contributed by atoms with Crippen LogP contribution in [0.1, 0.15) is 46.0 Å². The van der Waals surface area contributed by atoms with Gasteiger partial charge < -0.3 is 10.5 Å². The molecule has 2 N–H and O–H groups in total. The maximum atomic E-state index is 6.06. The summed E-state index contributed by atoms with van der Waals surface area (Å²) < 4.78 is 6.06. The van der Waals surface area contributed by atoms with Gasteiger partial charge in [0.25, 0.3) is 0 Å². The summed E-state index contributed by atoms with van der Waals surface area (Å²) in [4.78, 5) is 2.67. The quantitative estimate of drug-likeness (QED) is 0.817. The van der Waals surface area contributed by atoms with Gasteiger partial charge in [0.15, 0.2) is 0 Å². The molecule has 2 unspecified atom stereocenters. The number of hydrogen-bond acceptors (Lipinski definition) is 3. The summed E-state index contributed by atoms with van der Waals surface area (Å²) in [7, 11) is 0. The van der Waals surface area contributed by atoms with Gasteiger partial charge in [-0.25, -0.2) is 0 Å². The highest BCUT2D eigenvalue weighted by atomic mass is 16.5. The van der Waals surface area contributed by atoms with Gasteiger partial charge in [-0.15, -0.1) is 0 Å². The first-order chi connectivity index (χ1) is 8.23. The first-order valence-electron chi connectivity index (χ1n) is 7.31. The van der Waals surface area contributed by atoms with Gasteiger partial charge in [0, 0.05) is 19.2 Å². The molecule has 0 aromatic carbocycles. The smallest absolute Gasteiger partial charge is 0.0692 e. The highest BCUT2D eigenvalue weighted by Crippen LogP contribution is 2.35. The van der Waals surface area contributed by atoms with Crippen molar-refractivity contribution in [3.8, 4) is 0 Å². The number of rotatable bonds is 4. The third kappa shape index (κ3) is 2.83. The molecule has 2 saturated heterocycles. The third-order valence-corrected chi connectivity index (χ3v) is 4.92. The first kappa shape index (κ1) is 13.3. The van der Waals surface area contributed by atoms with E-state index in [-0.39, 0.29) is 5.60 Å². The van der Waals surface area contributed by atoms with Gasteiger partial charge in [0.2, 0.25) is 0 Å². The Balaban J connectivity index is 1.93. The highest BCUT2D eigenvalue weighted by Gasteiger charge is 2.38. The average Bonchev–Trinajstić information content (AvgIpc) is 2.87. The molecule has 0 spiro atoms. The predicted octanol–water partition coefficient (Wildman–Crippen LogP) is 2.00. The Labute approximate surface area is 106 Å². The zero-order chi connectivity index (χ0) is 12.3. The van der Waals surface area contributed by atoms with Crippen LogP contribution in [-0.2, 0) is 4.74 Å². The van der Waals surface area contributed by atoms with Crippen LogP contribution in [0.15, 0.2) is 0 Å². The Morgan fingerprint density at radius 3 is 2.65 bits per heavy atom. The van der Waals surface area contributed by atoms with Gasteiger partial charge in [0.05, 0.1) is 5.60 Å². The minimum absolute atomic E-state index is 0.156. The maximum absolute atomic E-state index is 6.06. The van der Waals surface area contributed by atoms with Crippen molar-refractivity contribution >= 4 is 0 Å². The van der Waals surface area contributed by atoms with Crippen molar-refractivity contribution in [1.29, 1.82) is 0 Å². The van der Waals surface area contributed by atoms with Crippen LogP contribution in [0.2, 0.25) is 0 Å². The van der Waals surface area contributed by atoms with Crippen LogP contribution < -0.4 is 5.73 Å². The van der Waals surface area contributed by atoms with Crippen molar-refractivity contribution < 1.29 is 4.74 Å². The summed E-state index contributed by atoms with van der Waals surface area (Å²) in [5, 5.41) is 0. The van der Waals surface area contributed by atoms with Crippen LogP contribution in [0.5, 0.6) is 0 Å². The van der Waals surface area contributed by atoms with Crippen LogP contribution in [0.4, 0.5) is 0 Å². The maximum Gasteiger partial charge on any atom is 0.0692 e. The van der Waals surface area contributed by atoms with Crippen molar-refractivity contribution in [3.63, 3.8) is 0 Å². The van der Waals surface area contributed by atoms with E-state index in [1.165, 1.54) is 32.4 Å². The van der Waals surface area contributed by atoms with Gasteiger partial charge >= 0.3 is 0 Å². The Morgan fingerprint density at radius 1 is 1.29 bits per heavy atom. The molecule has 100 valence electrons. The van der Waals surface area contributed by atoms with E-state index in [1.54, 1.807) is 0 Å². The summed E-state index contributed by atoms with van der Waals surface area (Å²) in [6.07, 6.45) is 6.01. The van der Waals surface area contributed by atoms with Crippen molar-refractivity contribution in [2.24, 2.45) is 11.7 Å². The molecule has 0 bridgehead atoms. The zero-order valence-electron chi connectivity index (χ0n) is 11.5. The summed E-state index contributed by atoms with van der Waals surface area (Å²) >= 11 is 0. The largest absolute Gasteiger partial charge is 0.375 e. The van der Waals surface area contributed by atoms with Gasteiger partial charge in [-0.1, -0.05) is 13.8 Å². The molecule has 2 fully saturated rings. The fraction of sp³-hybridized carbons (Fsp3) is 1.00. The lowest BCUT2D eigenvalue weighted by molar-refractivity contribution is -0.108. The van der Waals surface area contributed by atoms with E-state index in [2.05, 4.69) is 18.7 Å². The lowest BCUT2D eigenvalue weighted by Crippen LogP contribution is -2.47. The van der Waals surface area contributed by atoms with Crippen LogP contribution in [0.3, 0.4) is 0 Å². The minimum Gasteiger partial charge on any atom is -0.375 e. The molecule has 2 aliphatic rings. The Hall–Kier alpha value is -0.120. The van der Waals surface area contributed by atoms with Crippen LogP contribution >= 0.6 is 0 Å². The summed E-state index contributed by atoms with van der Waals surface area (Å²) in [5.74, 6) is 0.732. The van der Waals surface area contributed by atoms with Gasteiger partial charge in [0.1, 0.15) is 0 Å². The van der Waals surface area contributed by atoms with E-state index < -0.39 is 0 Å². The molecule has 0 aromatic rings. The Bertz CT molecular complexity index is 240. The molecule has 2 heterocycles. The van der Waals surface area contributed by atoms with Crippen molar-refractivity contribution in [1.82, 2.24) is 4.90 Å². The van der Waals surface area contributed by atoms with Gasteiger partial charge in [-0.3, -0.25) is 4.90 Å². The standard InChI is InChI=1S/C14H28N2O/c1-3-14(4-2)9-13(6-8-17-14)16-7-5-12(10-15)11-16/h12-13H,3-11,15H2,1-2H3. The topological polar surface area (TPSA) is 38.5 Å². The highest BCUT2D eigenvalue weighted by molar-refractivity contribution is 4.91. The van der Waals surface area contributed by atoms with E-state index in [4.69, 9.17) is 10.5 Å². The normalized spacial score (nSPS) is 34.1. The number of nitrogens with two attached hydrogens (primary N) is 1. The molecular weight excluding hydrogens is 212 g/mol. The number of hydrogen-bond donors (Lipinski definition) is 1. The molecule has 0 saturated carbocycles. The fourth-order valence-corrected chi connectivity index (χ4v) is 3.44. The van der Waals surface area contributed by atoms with Gasteiger partial charge in [-0.2, -0.15) is 0 Å². The summed E-state index contributed by atoms with van der Waals surface area (Å²) in [5.41, 5.74) is 5.94. The molecule has 3 heteroatoms. The molecule has 2 atom stereocenters. The molecule has 0 amide bonds. The number of likely N-dealkylation sites (tertiary alicyclic amines) is 1. The summed E-state index contributed by atoms with van der Waals surface area (Å²) in [6.45, 7) is 8.78. The molecule has 0 aliphatic carbocycles. The first-order valence-corrected chi connectivity index (χ1v) is 7.31. The van der Waals surface area contributed by atoms with E-state index in [0.29, 0.717) is 0 Å². The van der Waals surface area contributed by atoms with Crippen molar-refractivity contribution in [2.75, 3.05) is 26.2 Å². The molecule has 17 heavy (non-hydrogen) atoms. The second kappa shape index (κ2) is 5.68. The SMILES string of the molecule is CCC1(CC)CC(N2CCC(CN)C2)CCO1. The lowest BCUT2D eigenvalue weighted by atomic mass is 9.85. The lowest BCUT2D eigenvalue weighted by Gasteiger charge is -2.43. The van der Waals surface area contributed by atoms with E-state index in [1.807, 2.05) is 0 Å². The Kier molecular flexibility index (Phi) is 4.45. The molecule has 0 aromatic heterocycles. The summed E-state index contributed by atoms with van der Waals surface area (Å²) in [6, 6.07) is 0.736. The fourth-order valence-electron chi connectivity index (χ4n) is 3.44. The minimum atomic E-state index is 0.156.